The minimum absolute atomic E-state index is 0.0807. The van der Waals surface area contributed by atoms with Crippen LogP contribution in [0.15, 0.2) is 54.6 Å². The van der Waals surface area contributed by atoms with Gasteiger partial charge in [-0.2, -0.15) is 0 Å². The highest BCUT2D eigenvalue weighted by Crippen LogP contribution is 2.44. The zero-order valence-corrected chi connectivity index (χ0v) is 15.9. The van der Waals surface area contributed by atoms with Gasteiger partial charge in [0.05, 0.1) is 0 Å². The Labute approximate surface area is 147 Å². The normalized spacial score (nSPS) is 13.8. The topological polar surface area (TPSA) is 54.4 Å². The van der Waals surface area contributed by atoms with E-state index in [2.05, 4.69) is 31.9 Å². The number of aliphatic hydroxyl groups is 1. The molecule has 22 heavy (non-hydrogen) atoms. The van der Waals surface area contributed by atoms with Crippen LogP contribution < -0.4 is 0 Å². The lowest BCUT2D eigenvalue weighted by Gasteiger charge is -2.26. The van der Waals surface area contributed by atoms with Gasteiger partial charge < -0.3 is 5.11 Å². The summed E-state index contributed by atoms with van der Waals surface area (Å²) in [5.74, 6) is -0.0807. The van der Waals surface area contributed by atoms with Crippen molar-refractivity contribution in [2.45, 2.75) is 15.6 Å². The summed E-state index contributed by atoms with van der Waals surface area (Å²) in [4.78, 5) is 0. The van der Waals surface area contributed by atoms with Gasteiger partial charge in [0.2, 0.25) is 2.57 Å². The molecule has 2 rings (SSSR count). The molecule has 118 valence electrons. The highest BCUT2D eigenvalue weighted by molar-refractivity contribution is 9.28. The number of sulfone groups is 1. The number of hydrogen-bond acceptors (Lipinski definition) is 3. The Hall–Kier alpha value is -0.690. The molecule has 0 unspecified atom stereocenters. The zero-order chi connectivity index (χ0) is 16.4. The first-order valence-corrected chi connectivity index (χ1v) is 9.97. The molecule has 0 radical (unpaired) electrons. The molecule has 0 aliphatic carbocycles. The van der Waals surface area contributed by atoms with Crippen LogP contribution in [0.5, 0.6) is 0 Å². The zero-order valence-electron chi connectivity index (χ0n) is 11.9. The third-order valence-corrected chi connectivity index (χ3v) is 9.09. The highest BCUT2D eigenvalue weighted by Gasteiger charge is 2.45. The third-order valence-electron chi connectivity index (χ3n) is 3.45. The van der Waals surface area contributed by atoms with Crippen molar-refractivity contribution >= 4 is 41.7 Å². The predicted molar refractivity (Wildman–Crippen MR) is 96.9 cm³/mol. The Morgan fingerprint density at radius 2 is 1.50 bits per heavy atom. The van der Waals surface area contributed by atoms with Crippen molar-refractivity contribution in [2.75, 3.05) is 5.75 Å². The maximum Gasteiger partial charge on any atom is 0.210 e. The van der Waals surface area contributed by atoms with Crippen LogP contribution in [0.3, 0.4) is 0 Å². The molecule has 2 aromatic carbocycles. The first-order valence-electron chi connectivity index (χ1n) is 6.73. The number of rotatable bonds is 5. The summed E-state index contributed by atoms with van der Waals surface area (Å²) in [5.41, 5.74) is 2.59. The second-order valence-corrected chi connectivity index (χ2v) is 11.9. The molecule has 1 atom stereocenters. The SMILES string of the molecule is CCS(=O)(=O)C(Br)(Br)[C@@H](O)c1ccc(-c2ccccc2)cc1. The van der Waals surface area contributed by atoms with Crippen LogP contribution in [0.4, 0.5) is 0 Å². The van der Waals surface area contributed by atoms with Crippen LogP contribution in [-0.2, 0) is 9.84 Å². The van der Waals surface area contributed by atoms with Crippen molar-refractivity contribution in [1.82, 2.24) is 0 Å². The van der Waals surface area contributed by atoms with Gasteiger partial charge in [-0.25, -0.2) is 8.42 Å². The van der Waals surface area contributed by atoms with Crippen molar-refractivity contribution in [3.63, 3.8) is 0 Å². The van der Waals surface area contributed by atoms with Gasteiger partial charge in [0, 0.05) is 5.75 Å². The molecule has 0 saturated heterocycles. The van der Waals surface area contributed by atoms with E-state index in [0.29, 0.717) is 5.56 Å². The van der Waals surface area contributed by atoms with E-state index in [-0.39, 0.29) is 5.75 Å². The molecule has 6 heteroatoms. The third kappa shape index (κ3) is 3.45. The van der Waals surface area contributed by atoms with Gasteiger partial charge in [-0.15, -0.1) is 0 Å². The van der Waals surface area contributed by atoms with Crippen LogP contribution >= 0.6 is 31.9 Å². The van der Waals surface area contributed by atoms with Gasteiger partial charge >= 0.3 is 0 Å². The smallest absolute Gasteiger partial charge is 0.210 e. The van der Waals surface area contributed by atoms with Gasteiger partial charge in [0.1, 0.15) is 6.10 Å². The first-order chi connectivity index (χ1) is 10.3. The summed E-state index contributed by atoms with van der Waals surface area (Å²) in [5, 5.41) is 10.4. The van der Waals surface area contributed by atoms with Gasteiger partial charge in [-0.1, -0.05) is 93.4 Å². The largest absolute Gasteiger partial charge is 0.385 e. The summed E-state index contributed by atoms with van der Waals surface area (Å²) in [7, 11) is -3.52. The average molecular weight is 448 g/mol. The molecule has 2 aromatic rings. The maximum atomic E-state index is 12.1. The summed E-state index contributed by atoms with van der Waals surface area (Å²) in [6, 6.07) is 17.0. The van der Waals surface area contributed by atoms with E-state index >= 15 is 0 Å². The standard InChI is InChI=1S/C16H16Br2O3S/c1-2-22(20,21)16(17,18)15(19)14-10-8-13(9-11-14)12-6-4-3-5-7-12/h3-11,15,19H,2H2,1H3/t15-/m0/s1. The first kappa shape index (κ1) is 17.7. The lowest BCUT2D eigenvalue weighted by atomic mass is 10.0. The second-order valence-electron chi connectivity index (χ2n) is 4.86. The molecule has 1 N–H and O–H groups in total. The molecule has 0 aliphatic rings. The molecule has 3 nitrogen and oxygen atoms in total. The molecule has 0 fully saturated rings. The Morgan fingerprint density at radius 1 is 1.00 bits per heavy atom. The van der Waals surface area contributed by atoms with E-state index < -0.39 is 18.5 Å². The highest BCUT2D eigenvalue weighted by atomic mass is 79.9. The minimum Gasteiger partial charge on any atom is -0.385 e. The fourth-order valence-electron chi connectivity index (χ4n) is 2.05. The van der Waals surface area contributed by atoms with Crippen LogP contribution in [0.25, 0.3) is 11.1 Å². The molecular formula is C16H16Br2O3S. The number of halogens is 2. The van der Waals surface area contributed by atoms with E-state index in [0.717, 1.165) is 11.1 Å². The summed E-state index contributed by atoms with van der Waals surface area (Å²) >= 11 is 6.22. The van der Waals surface area contributed by atoms with Gasteiger partial charge in [0.15, 0.2) is 9.84 Å². The van der Waals surface area contributed by atoms with Crippen molar-refractivity contribution in [3.05, 3.63) is 60.2 Å². The van der Waals surface area contributed by atoms with Crippen molar-refractivity contribution in [3.8, 4) is 11.1 Å². The van der Waals surface area contributed by atoms with Crippen LogP contribution in [-0.4, -0.2) is 21.8 Å². The van der Waals surface area contributed by atoms with Gasteiger partial charge in [-0.05, 0) is 16.7 Å². The summed E-state index contributed by atoms with van der Waals surface area (Å²) < 4.78 is 22.6. The van der Waals surface area contributed by atoms with Crippen LogP contribution in [0, 0.1) is 0 Å². The fourth-order valence-corrected chi connectivity index (χ4v) is 4.81. The Balaban J connectivity index is 2.31. The monoisotopic (exact) mass is 446 g/mol. The van der Waals surface area contributed by atoms with E-state index in [4.69, 9.17) is 0 Å². The second kappa shape index (κ2) is 6.83. The van der Waals surface area contributed by atoms with Crippen molar-refractivity contribution < 1.29 is 13.5 Å². The van der Waals surface area contributed by atoms with E-state index in [1.165, 1.54) is 6.92 Å². The van der Waals surface area contributed by atoms with E-state index in [1.54, 1.807) is 12.1 Å². The minimum atomic E-state index is -3.52. The van der Waals surface area contributed by atoms with Crippen LogP contribution in [0.1, 0.15) is 18.6 Å². The molecular weight excluding hydrogens is 432 g/mol. The summed E-state index contributed by atoms with van der Waals surface area (Å²) in [6.07, 6.45) is -1.22. The molecule has 0 spiro atoms. The molecule has 0 bridgehead atoms. The van der Waals surface area contributed by atoms with Crippen molar-refractivity contribution in [1.29, 1.82) is 0 Å². The number of aliphatic hydroxyl groups excluding tert-OH is 1. The van der Waals surface area contributed by atoms with E-state index in [1.807, 2.05) is 42.5 Å². The number of benzene rings is 2. The molecule has 0 amide bonds. The van der Waals surface area contributed by atoms with E-state index in [9.17, 15) is 13.5 Å². The number of hydrogen-bond donors (Lipinski definition) is 1. The summed E-state index contributed by atoms with van der Waals surface area (Å²) in [6.45, 7) is 1.54. The Kier molecular flexibility index (Phi) is 5.48. The lowest BCUT2D eigenvalue weighted by Crippen LogP contribution is -2.33. The number of alkyl halides is 2. The quantitative estimate of drug-likeness (QED) is 0.696. The average Bonchev–Trinajstić information content (AvgIpc) is 2.55. The van der Waals surface area contributed by atoms with Crippen molar-refractivity contribution in [2.24, 2.45) is 0 Å². The molecule has 0 saturated carbocycles. The maximum absolute atomic E-state index is 12.1. The fraction of sp³-hybridized carbons (Fsp3) is 0.250. The lowest BCUT2D eigenvalue weighted by molar-refractivity contribution is 0.189. The van der Waals surface area contributed by atoms with Gasteiger partial charge in [0.25, 0.3) is 0 Å². The van der Waals surface area contributed by atoms with Crippen LogP contribution in [0.2, 0.25) is 0 Å². The Bertz CT molecular complexity index is 726. The Morgan fingerprint density at radius 3 is 2.00 bits per heavy atom. The molecule has 0 aromatic heterocycles. The van der Waals surface area contributed by atoms with Gasteiger partial charge in [-0.3, -0.25) is 0 Å². The molecule has 0 heterocycles. The molecule has 0 aliphatic heterocycles. The predicted octanol–water partition coefficient (Wildman–Crippen LogP) is 4.27.